The molecule has 0 saturated heterocycles. The van der Waals surface area contributed by atoms with Crippen LogP contribution in [0.4, 0.5) is 18.9 Å². The van der Waals surface area contributed by atoms with Crippen molar-refractivity contribution < 1.29 is 31.5 Å². The highest BCUT2D eigenvalue weighted by molar-refractivity contribution is 7.89. The van der Waals surface area contributed by atoms with Crippen LogP contribution in [0.5, 0.6) is 5.75 Å². The second-order valence-corrected chi connectivity index (χ2v) is 7.61. The predicted octanol–water partition coefficient (Wildman–Crippen LogP) is 3.37. The Morgan fingerprint density at radius 3 is 2.44 bits per heavy atom. The van der Waals surface area contributed by atoms with Gasteiger partial charge in [-0.15, -0.1) is 0 Å². The maximum atomic E-state index is 13.0. The number of sulfonamides is 1. The Labute approximate surface area is 158 Å². The van der Waals surface area contributed by atoms with Gasteiger partial charge in [-0.2, -0.15) is 17.9 Å². The lowest BCUT2D eigenvalue weighted by Gasteiger charge is -2.17. The lowest BCUT2D eigenvalue weighted by Crippen LogP contribution is -2.42. The van der Waals surface area contributed by atoms with Gasteiger partial charge in [0.1, 0.15) is 5.75 Å². The number of alkyl halides is 3. The van der Waals surface area contributed by atoms with Crippen LogP contribution in [0.15, 0.2) is 47.4 Å². The van der Waals surface area contributed by atoms with Crippen molar-refractivity contribution >= 4 is 33.2 Å². The summed E-state index contributed by atoms with van der Waals surface area (Å²) in [6, 6.07) is 5.99. The molecular weight excluding hydrogens is 409 g/mol. The van der Waals surface area contributed by atoms with Crippen LogP contribution in [0.25, 0.3) is 0 Å². The van der Waals surface area contributed by atoms with E-state index in [0.29, 0.717) is 6.07 Å². The molecule has 0 aliphatic heterocycles. The van der Waals surface area contributed by atoms with Crippen molar-refractivity contribution in [2.45, 2.75) is 24.0 Å². The molecule has 2 rings (SSSR count). The molecule has 0 aromatic heterocycles. The highest BCUT2D eigenvalue weighted by Crippen LogP contribution is 2.34. The third-order valence-corrected chi connectivity index (χ3v) is 5.26. The number of amides is 1. The number of hydrogen-bond donors (Lipinski definition) is 3. The third-order valence-electron chi connectivity index (χ3n) is 3.42. The maximum absolute atomic E-state index is 13.0. The second kappa shape index (κ2) is 7.75. The highest BCUT2D eigenvalue weighted by Gasteiger charge is 2.37. The van der Waals surface area contributed by atoms with Gasteiger partial charge in [0.2, 0.25) is 15.9 Å². The first-order chi connectivity index (χ1) is 12.4. The SMILES string of the molecule is C[C@H](NS(=O)(=O)c1ccccc1C(F)(F)F)C(=O)Nc1cc(Cl)ccc1O. The monoisotopic (exact) mass is 422 g/mol. The van der Waals surface area contributed by atoms with Crippen LogP contribution in [0, 0.1) is 0 Å². The van der Waals surface area contributed by atoms with Crippen molar-refractivity contribution in [3.05, 3.63) is 53.1 Å². The lowest BCUT2D eigenvalue weighted by atomic mass is 10.2. The predicted molar refractivity (Wildman–Crippen MR) is 93.0 cm³/mol. The van der Waals surface area contributed by atoms with Gasteiger partial charge in [-0.05, 0) is 37.3 Å². The maximum Gasteiger partial charge on any atom is 0.417 e. The summed E-state index contributed by atoms with van der Waals surface area (Å²) in [6.07, 6.45) is -4.89. The summed E-state index contributed by atoms with van der Waals surface area (Å²) in [5.41, 5.74) is -1.42. The summed E-state index contributed by atoms with van der Waals surface area (Å²) in [4.78, 5) is 11.2. The molecule has 0 unspecified atom stereocenters. The Kier molecular flexibility index (Phi) is 6.03. The van der Waals surface area contributed by atoms with Crippen LogP contribution < -0.4 is 10.0 Å². The van der Waals surface area contributed by atoms with Crippen molar-refractivity contribution in [1.82, 2.24) is 4.72 Å². The number of halogens is 4. The number of phenolic OH excluding ortho intramolecular Hbond substituents is 1. The van der Waals surface area contributed by atoms with Gasteiger partial charge in [0.15, 0.2) is 0 Å². The minimum atomic E-state index is -4.89. The zero-order valence-corrected chi connectivity index (χ0v) is 15.3. The average molecular weight is 423 g/mol. The van der Waals surface area contributed by atoms with E-state index in [4.69, 9.17) is 11.6 Å². The van der Waals surface area contributed by atoms with Gasteiger partial charge in [-0.1, -0.05) is 23.7 Å². The molecule has 6 nitrogen and oxygen atoms in total. The van der Waals surface area contributed by atoms with E-state index in [9.17, 15) is 31.5 Å². The smallest absolute Gasteiger partial charge is 0.417 e. The molecule has 146 valence electrons. The normalized spacial score (nSPS) is 13.2. The molecule has 0 heterocycles. The van der Waals surface area contributed by atoms with E-state index in [-0.39, 0.29) is 16.5 Å². The second-order valence-electron chi connectivity index (χ2n) is 5.49. The quantitative estimate of drug-likeness (QED) is 0.644. The molecular formula is C16H14ClF3N2O4S. The van der Waals surface area contributed by atoms with Gasteiger partial charge < -0.3 is 10.4 Å². The van der Waals surface area contributed by atoms with Crippen molar-refractivity contribution in [2.75, 3.05) is 5.32 Å². The minimum Gasteiger partial charge on any atom is -0.506 e. The number of nitrogens with one attached hydrogen (secondary N) is 2. The topological polar surface area (TPSA) is 95.5 Å². The van der Waals surface area contributed by atoms with Crippen molar-refractivity contribution in [2.24, 2.45) is 0 Å². The molecule has 27 heavy (non-hydrogen) atoms. The van der Waals surface area contributed by atoms with Gasteiger partial charge in [0.05, 0.1) is 22.2 Å². The Morgan fingerprint density at radius 2 is 1.81 bits per heavy atom. The van der Waals surface area contributed by atoms with E-state index in [0.717, 1.165) is 25.1 Å². The Bertz CT molecular complexity index is 964. The molecule has 0 fully saturated rings. The number of phenols is 1. The molecule has 2 aromatic rings. The fourth-order valence-electron chi connectivity index (χ4n) is 2.13. The first-order valence-electron chi connectivity index (χ1n) is 7.40. The molecule has 3 N–H and O–H groups in total. The summed E-state index contributed by atoms with van der Waals surface area (Å²) in [6.45, 7) is 1.14. The van der Waals surface area contributed by atoms with Gasteiger partial charge in [-0.25, -0.2) is 8.42 Å². The molecule has 0 aliphatic rings. The van der Waals surface area contributed by atoms with Crippen LogP contribution in [-0.4, -0.2) is 25.5 Å². The van der Waals surface area contributed by atoms with E-state index < -0.39 is 38.6 Å². The van der Waals surface area contributed by atoms with Crippen LogP contribution >= 0.6 is 11.6 Å². The first kappa shape index (κ1) is 21.0. The number of anilines is 1. The van der Waals surface area contributed by atoms with Crippen LogP contribution in [0.3, 0.4) is 0 Å². The Morgan fingerprint density at radius 1 is 1.19 bits per heavy atom. The zero-order valence-electron chi connectivity index (χ0n) is 13.7. The largest absolute Gasteiger partial charge is 0.506 e. The fraction of sp³-hybridized carbons (Fsp3) is 0.188. The molecule has 0 saturated carbocycles. The van der Waals surface area contributed by atoms with Crippen LogP contribution in [-0.2, 0) is 21.0 Å². The molecule has 0 radical (unpaired) electrons. The van der Waals surface area contributed by atoms with Crippen molar-refractivity contribution in [3.63, 3.8) is 0 Å². The zero-order chi connectivity index (χ0) is 20.4. The summed E-state index contributed by atoms with van der Waals surface area (Å²) in [5.74, 6) is -1.22. The van der Waals surface area contributed by atoms with E-state index in [2.05, 4.69) is 5.32 Å². The number of carbonyl (C=O) groups is 1. The molecule has 1 atom stereocenters. The summed E-state index contributed by atoms with van der Waals surface area (Å²) < 4.78 is 65.6. The molecule has 11 heteroatoms. The average Bonchev–Trinajstić information content (AvgIpc) is 2.57. The number of aromatic hydroxyl groups is 1. The summed E-state index contributed by atoms with van der Waals surface area (Å²) in [5, 5.41) is 12.1. The van der Waals surface area contributed by atoms with Crippen LogP contribution in [0.2, 0.25) is 5.02 Å². The molecule has 2 aromatic carbocycles. The third kappa shape index (κ3) is 5.12. The van der Waals surface area contributed by atoms with Gasteiger partial charge in [0, 0.05) is 5.02 Å². The number of rotatable bonds is 5. The van der Waals surface area contributed by atoms with Crippen molar-refractivity contribution in [3.8, 4) is 5.75 Å². The highest BCUT2D eigenvalue weighted by atomic mass is 35.5. The Hall–Kier alpha value is -2.30. The number of benzene rings is 2. The van der Waals surface area contributed by atoms with E-state index in [1.807, 2.05) is 4.72 Å². The van der Waals surface area contributed by atoms with Crippen molar-refractivity contribution in [1.29, 1.82) is 0 Å². The van der Waals surface area contributed by atoms with Gasteiger partial charge in [0.25, 0.3) is 0 Å². The van der Waals surface area contributed by atoms with E-state index in [1.54, 1.807) is 0 Å². The summed E-state index contributed by atoms with van der Waals surface area (Å²) >= 11 is 5.75. The lowest BCUT2D eigenvalue weighted by molar-refractivity contribution is -0.139. The van der Waals surface area contributed by atoms with E-state index >= 15 is 0 Å². The summed E-state index contributed by atoms with van der Waals surface area (Å²) in [7, 11) is -4.65. The van der Waals surface area contributed by atoms with Gasteiger partial charge >= 0.3 is 6.18 Å². The molecule has 0 aliphatic carbocycles. The van der Waals surface area contributed by atoms with Crippen LogP contribution in [0.1, 0.15) is 12.5 Å². The van der Waals surface area contributed by atoms with Gasteiger partial charge in [-0.3, -0.25) is 4.79 Å². The standard InChI is InChI=1S/C16H14ClF3N2O4S/c1-9(15(24)21-12-8-10(17)6-7-13(12)23)22-27(25,26)14-5-3-2-4-11(14)16(18,19)20/h2-9,22-23H,1H3,(H,21,24)/t9-/m0/s1. The number of hydrogen-bond acceptors (Lipinski definition) is 4. The minimum absolute atomic E-state index is 0.0748. The first-order valence-corrected chi connectivity index (χ1v) is 9.26. The van der Waals surface area contributed by atoms with E-state index in [1.165, 1.54) is 18.2 Å². The fourth-order valence-corrected chi connectivity index (χ4v) is 3.74. The molecule has 0 bridgehead atoms. The molecule has 0 spiro atoms. The Balaban J connectivity index is 2.23. The molecule has 1 amide bonds. The number of carbonyl (C=O) groups excluding carboxylic acids is 1.